The molecule has 1 fully saturated rings. The van der Waals surface area contributed by atoms with Crippen molar-refractivity contribution in [1.82, 2.24) is 19.7 Å². The summed E-state index contributed by atoms with van der Waals surface area (Å²) in [5.41, 5.74) is 5.78. The van der Waals surface area contributed by atoms with Crippen molar-refractivity contribution in [2.45, 2.75) is 32.6 Å². The molecular formula is C25H25ClN4O. The summed E-state index contributed by atoms with van der Waals surface area (Å²) in [6.45, 7) is 5.38. The van der Waals surface area contributed by atoms with Crippen molar-refractivity contribution >= 4 is 28.4 Å². The van der Waals surface area contributed by atoms with Gasteiger partial charge < -0.3 is 9.88 Å². The Kier molecular flexibility index (Phi) is 5.06. The molecule has 2 aromatic carbocycles. The topological polar surface area (TPSA) is 53.9 Å². The number of hydrogen-bond donors (Lipinski definition) is 1. The molecule has 0 atom stereocenters. The Labute approximate surface area is 186 Å². The van der Waals surface area contributed by atoms with Crippen LogP contribution in [0.5, 0.6) is 0 Å². The average Bonchev–Trinajstić information content (AvgIpc) is 3.35. The summed E-state index contributed by atoms with van der Waals surface area (Å²) in [7, 11) is 0. The Morgan fingerprint density at radius 1 is 1.06 bits per heavy atom. The third-order valence-electron chi connectivity index (χ3n) is 6.33. The molecule has 0 spiro atoms. The maximum atomic E-state index is 13.0. The van der Waals surface area contributed by atoms with Crippen LogP contribution in [0.4, 0.5) is 0 Å². The molecule has 1 aliphatic heterocycles. The number of aryl methyl sites for hydroxylation is 1. The predicted octanol–water partition coefficient (Wildman–Crippen LogP) is 5.64. The summed E-state index contributed by atoms with van der Waals surface area (Å²) in [4.78, 5) is 18.5. The number of piperidine rings is 1. The largest absolute Gasteiger partial charge is 0.358 e. The summed E-state index contributed by atoms with van der Waals surface area (Å²) < 4.78 is 1.82. The van der Waals surface area contributed by atoms with E-state index in [1.807, 2.05) is 47.7 Å². The maximum Gasteiger partial charge on any atom is 0.253 e. The van der Waals surface area contributed by atoms with E-state index >= 15 is 0 Å². The second kappa shape index (κ2) is 7.89. The van der Waals surface area contributed by atoms with Gasteiger partial charge in [0.2, 0.25) is 0 Å². The lowest BCUT2D eigenvalue weighted by molar-refractivity contribution is 0.0712. The predicted molar refractivity (Wildman–Crippen MR) is 124 cm³/mol. The highest BCUT2D eigenvalue weighted by Crippen LogP contribution is 2.30. The number of rotatable bonds is 3. The van der Waals surface area contributed by atoms with Gasteiger partial charge in [0.15, 0.2) is 0 Å². The zero-order chi connectivity index (χ0) is 21.5. The van der Waals surface area contributed by atoms with E-state index in [4.69, 9.17) is 11.6 Å². The monoisotopic (exact) mass is 432 g/mol. The van der Waals surface area contributed by atoms with Crippen LogP contribution in [0.3, 0.4) is 0 Å². The van der Waals surface area contributed by atoms with Gasteiger partial charge in [-0.2, -0.15) is 5.10 Å². The average molecular weight is 433 g/mol. The van der Waals surface area contributed by atoms with E-state index in [0.717, 1.165) is 43.0 Å². The summed E-state index contributed by atoms with van der Waals surface area (Å²) in [6, 6.07) is 18.2. The minimum Gasteiger partial charge on any atom is -0.358 e. The molecule has 0 saturated carbocycles. The number of carbonyl (C=O) groups is 1. The number of likely N-dealkylation sites (tertiary alicyclic amines) is 1. The first-order chi connectivity index (χ1) is 15.0. The lowest BCUT2D eigenvalue weighted by atomic mass is 9.93. The van der Waals surface area contributed by atoms with Crippen molar-refractivity contribution in [3.8, 4) is 5.69 Å². The number of fused-ring (bicyclic) bond motifs is 1. The van der Waals surface area contributed by atoms with Gasteiger partial charge in [-0.25, -0.2) is 4.68 Å². The number of carbonyl (C=O) groups excluding carboxylic acids is 1. The number of hydrogen-bond acceptors (Lipinski definition) is 2. The lowest BCUT2D eigenvalue weighted by Gasteiger charge is -2.31. The molecule has 0 aliphatic carbocycles. The number of H-pyrrole nitrogens is 1. The highest BCUT2D eigenvalue weighted by atomic mass is 35.5. The zero-order valence-corrected chi connectivity index (χ0v) is 18.5. The van der Waals surface area contributed by atoms with Gasteiger partial charge >= 0.3 is 0 Å². The molecule has 0 unspecified atom stereocenters. The Bertz CT molecular complexity index is 1210. The van der Waals surface area contributed by atoms with Gasteiger partial charge in [-0.1, -0.05) is 29.8 Å². The number of aromatic amines is 1. The van der Waals surface area contributed by atoms with Gasteiger partial charge in [0.25, 0.3) is 5.91 Å². The van der Waals surface area contributed by atoms with Crippen molar-refractivity contribution in [3.05, 3.63) is 82.3 Å². The van der Waals surface area contributed by atoms with E-state index in [9.17, 15) is 4.79 Å². The molecule has 3 heterocycles. The molecule has 5 rings (SSSR count). The molecule has 1 N–H and O–H groups in total. The second-order valence-corrected chi connectivity index (χ2v) is 8.70. The Balaban J connectivity index is 1.26. The van der Waals surface area contributed by atoms with Crippen LogP contribution in [-0.4, -0.2) is 38.7 Å². The molecule has 158 valence electrons. The first-order valence-electron chi connectivity index (χ1n) is 10.7. The van der Waals surface area contributed by atoms with Crippen molar-refractivity contribution in [2.24, 2.45) is 0 Å². The van der Waals surface area contributed by atoms with E-state index in [-0.39, 0.29) is 5.91 Å². The molecule has 1 saturated heterocycles. The van der Waals surface area contributed by atoms with Crippen LogP contribution < -0.4 is 0 Å². The fourth-order valence-corrected chi connectivity index (χ4v) is 4.63. The second-order valence-electron chi connectivity index (χ2n) is 8.32. The molecule has 31 heavy (non-hydrogen) atoms. The highest BCUT2D eigenvalue weighted by molar-refractivity contribution is 6.31. The Hall–Kier alpha value is -3.05. The maximum absolute atomic E-state index is 13.0. The molecule has 5 nitrogen and oxygen atoms in total. The third kappa shape index (κ3) is 3.63. The van der Waals surface area contributed by atoms with Crippen molar-refractivity contribution in [2.75, 3.05) is 13.1 Å². The third-order valence-corrected chi connectivity index (χ3v) is 6.88. The van der Waals surface area contributed by atoms with Crippen LogP contribution in [0.25, 0.3) is 16.6 Å². The molecule has 4 aromatic rings. The van der Waals surface area contributed by atoms with Gasteiger partial charge in [-0.15, -0.1) is 0 Å². The van der Waals surface area contributed by atoms with Gasteiger partial charge in [0, 0.05) is 35.8 Å². The molecule has 1 amide bonds. The van der Waals surface area contributed by atoms with Gasteiger partial charge in [0.05, 0.1) is 22.1 Å². The van der Waals surface area contributed by atoms with Crippen molar-refractivity contribution < 1.29 is 4.79 Å². The minimum atomic E-state index is 0.0908. The van der Waals surface area contributed by atoms with E-state index in [2.05, 4.69) is 40.4 Å². The van der Waals surface area contributed by atoms with Crippen LogP contribution in [0.1, 0.15) is 46.2 Å². The summed E-state index contributed by atoms with van der Waals surface area (Å²) in [5, 5.41) is 6.41. The number of para-hydroxylation sites is 1. The number of benzene rings is 2. The van der Waals surface area contributed by atoms with Gasteiger partial charge in [0.1, 0.15) is 0 Å². The fourth-order valence-electron chi connectivity index (χ4n) is 4.51. The number of nitrogens with one attached hydrogen (secondary N) is 1. The van der Waals surface area contributed by atoms with Gasteiger partial charge in [-0.05, 0) is 68.5 Å². The lowest BCUT2D eigenvalue weighted by Crippen LogP contribution is -2.38. The molecule has 2 aromatic heterocycles. The van der Waals surface area contributed by atoms with Crippen LogP contribution in [0, 0.1) is 13.8 Å². The number of amides is 1. The normalized spacial score (nSPS) is 15.0. The Morgan fingerprint density at radius 2 is 1.77 bits per heavy atom. The summed E-state index contributed by atoms with van der Waals surface area (Å²) >= 11 is 6.26. The van der Waals surface area contributed by atoms with Gasteiger partial charge in [-0.3, -0.25) is 4.79 Å². The smallest absolute Gasteiger partial charge is 0.253 e. The highest BCUT2D eigenvalue weighted by Gasteiger charge is 2.25. The summed E-state index contributed by atoms with van der Waals surface area (Å²) in [5.74, 6) is 0.558. The molecular weight excluding hydrogens is 408 g/mol. The van der Waals surface area contributed by atoms with E-state index in [0.29, 0.717) is 16.5 Å². The fraction of sp³-hybridized carbons (Fsp3) is 0.280. The standard InChI is InChI=1S/C25H25ClN4O/c1-16-24(26)17(2)30(28-16)21-9-7-19(8-10-21)25(31)29-13-11-18(12-14-29)23-15-20-5-3-4-6-22(20)27-23/h3-10,15,18,27H,11-14H2,1-2H3. The zero-order valence-electron chi connectivity index (χ0n) is 17.7. The van der Waals surface area contributed by atoms with E-state index in [1.165, 1.54) is 16.6 Å². The van der Waals surface area contributed by atoms with Crippen LogP contribution in [0.15, 0.2) is 54.6 Å². The van der Waals surface area contributed by atoms with Crippen LogP contribution in [-0.2, 0) is 0 Å². The van der Waals surface area contributed by atoms with Crippen LogP contribution >= 0.6 is 11.6 Å². The molecule has 6 heteroatoms. The molecule has 1 aliphatic rings. The summed E-state index contributed by atoms with van der Waals surface area (Å²) in [6.07, 6.45) is 1.95. The SMILES string of the molecule is Cc1nn(-c2ccc(C(=O)N3CCC(c4cc5ccccc5[nH]4)CC3)cc2)c(C)c1Cl. The first kappa shape index (κ1) is 19.9. The molecule has 0 radical (unpaired) electrons. The number of aromatic nitrogens is 3. The van der Waals surface area contributed by atoms with Crippen molar-refractivity contribution in [1.29, 1.82) is 0 Å². The van der Waals surface area contributed by atoms with Crippen LogP contribution in [0.2, 0.25) is 5.02 Å². The Morgan fingerprint density at radius 3 is 2.42 bits per heavy atom. The first-order valence-corrected chi connectivity index (χ1v) is 11.1. The van der Waals surface area contributed by atoms with Crippen molar-refractivity contribution in [3.63, 3.8) is 0 Å². The minimum absolute atomic E-state index is 0.0908. The van der Waals surface area contributed by atoms with E-state index in [1.54, 1.807) is 0 Å². The quantitative estimate of drug-likeness (QED) is 0.455. The molecule has 0 bridgehead atoms. The number of halogens is 1. The van der Waals surface area contributed by atoms with E-state index < -0.39 is 0 Å². The number of nitrogens with zero attached hydrogens (tertiary/aromatic N) is 3.